The molecule has 0 bridgehead atoms. The molecule has 1 fully saturated rings. The average molecular weight is 330 g/mol. The number of hydrogen-bond acceptors (Lipinski definition) is 5. The van der Waals surface area contributed by atoms with Gasteiger partial charge in [0.15, 0.2) is 0 Å². The fraction of sp³-hybridized carbons (Fsp3) is 0.353. The van der Waals surface area contributed by atoms with Crippen molar-refractivity contribution in [3.63, 3.8) is 0 Å². The molecule has 1 aliphatic rings. The number of benzene rings is 1. The minimum atomic E-state index is -0.382. The zero-order chi connectivity index (χ0) is 17.1. The summed E-state index contributed by atoms with van der Waals surface area (Å²) in [5.41, 5.74) is 1.88. The Balaban J connectivity index is 1.66. The minimum absolute atomic E-state index is 0.0487. The van der Waals surface area contributed by atoms with Gasteiger partial charge < -0.3 is 4.90 Å². The zero-order valence-corrected chi connectivity index (χ0v) is 13.5. The lowest BCUT2D eigenvalue weighted by Crippen LogP contribution is -2.46. The predicted molar refractivity (Wildman–Crippen MR) is 89.5 cm³/mol. The van der Waals surface area contributed by atoms with E-state index < -0.39 is 0 Å². The lowest BCUT2D eigenvalue weighted by Gasteiger charge is -2.35. The van der Waals surface area contributed by atoms with Crippen molar-refractivity contribution in [2.75, 3.05) is 31.1 Å². The molecule has 1 aromatic carbocycles. The molecule has 1 aromatic heterocycles. The quantitative estimate of drug-likeness (QED) is 0.637. The molecule has 1 aliphatic heterocycles. The summed E-state index contributed by atoms with van der Waals surface area (Å²) >= 11 is 0. The summed E-state index contributed by atoms with van der Waals surface area (Å²) in [6.07, 6.45) is 0. The first kappa shape index (κ1) is 16.3. The number of nitro groups is 1. The van der Waals surface area contributed by atoms with Gasteiger partial charge in [0.25, 0.3) is 0 Å². The number of piperazine rings is 1. The van der Waals surface area contributed by atoms with E-state index in [1.165, 1.54) is 18.2 Å². The number of pyridine rings is 1. The molecule has 3 rings (SSSR count). The normalized spacial score (nSPS) is 15.5. The van der Waals surface area contributed by atoms with Gasteiger partial charge in [-0.05, 0) is 30.7 Å². The predicted octanol–water partition coefficient (Wildman–Crippen LogP) is 2.76. The van der Waals surface area contributed by atoms with E-state index in [4.69, 9.17) is 0 Å². The first-order valence-electron chi connectivity index (χ1n) is 7.87. The summed E-state index contributed by atoms with van der Waals surface area (Å²) < 4.78 is 13.0. The van der Waals surface area contributed by atoms with Crippen LogP contribution >= 0.6 is 0 Å². The Labute approximate surface area is 139 Å². The molecule has 24 heavy (non-hydrogen) atoms. The van der Waals surface area contributed by atoms with Crippen LogP contribution in [-0.4, -0.2) is 41.0 Å². The number of anilines is 1. The van der Waals surface area contributed by atoms with Gasteiger partial charge in [-0.3, -0.25) is 15.0 Å². The van der Waals surface area contributed by atoms with Crippen LogP contribution in [0.4, 0.5) is 15.9 Å². The maximum absolute atomic E-state index is 13.0. The Morgan fingerprint density at radius 3 is 2.42 bits per heavy atom. The third kappa shape index (κ3) is 3.68. The average Bonchev–Trinajstić information content (AvgIpc) is 2.57. The molecule has 0 saturated carbocycles. The van der Waals surface area contributed by atoms with E-state index in [0.717, 1.165) is 30.9 Å². The minimum Gasteiger partial charge on any atom is -0.348 e. The van der Waals surface area contributed by atoms with Crippen LogP contribution in [-0.2, 0) is 6.54 Å². The first-order chi connectivity index (χ1) is 11.5. The number of aryl methyl sites for hydroxylation is 1. The lowest BCUT2D eigenvalue weighted by atomic mass is 10.2. The van der Waals surface area contributed by atoms with Gasteiger partial charge in [-0.15, -0.1) is 0 Å². The second-order valence-electron chi connectivity index (χ2n) is 5.94. The third-order valence-corrected chi connectivity index (χ3v) is 4.18. The summed E-state index contributed by atoms with van der Waals surface area (Å²) in [6.45, 7) is 5.50. The van der Waals surface area contributed by atoms with Crippen molar-refractivity contribution >= 4 is 11.5 Å². The summed E-state index contributed by atoms with van der Waals surface area (Å²) in [5, 5.41) is 11.2. The first-order valence-corrected chi connectivity index (χ1v) is 7.87. The summed E-state index contributed by atoms with van der Waals surface area (Å²) in [4.78, 5) is 19.4. The van der Waals surface area contributed by atoms with E-state index in [1.54, 1.807) is 18.2 Å². The maximum atomic E-state index is 13.0. The SMILES string of the molecule is Cc1ccc([N+](=O)[O-])c(N2CCN(Cc3ccc(F)cc3)CC2)n1. The highest BCUT2D eigenvalue weighted by molar-refractivity contribution is 5.58. The van der Waals surface area contributed by atoms with Gasteiger partial charge in [0, 0.05) is 44.5 Å². The van der Waals surface area contributed by atoms with E-state index in [1.807, 2.05) is 11.8 Å². The zero-order valence-electron chi connectivity index (χ0n) is 13.5. The van der Waals surface area contributed by atoms with Gasteiger partial charge in [-0.25, -0.2) is 9.37 Å². The molecule has 1 saturated heterocycles. The maximum Gasteiger partial charge on any atom is 0.311 e. The van der Waals surface area contributed by atoms with Gasteiger partial charge in [-0.1, -0.05) is 12.1 Å². The molecule has 0 unspecified atom stereocenters. The second-order valence-corrected chi connectivity index (χ2v) is 5.94. The number of hydrogen-bond donors (Lipinski definition) is 0. The van der Waals surface area contributed by atoms with Crippen molar-refractivity contribution in [3.05, 3.63) is 63.6 Å². The van der Waals surface area contributed by atoms with Crippen LogP contribution in [0.1, 0.15) is 11.3 Å². The van der Waals surface area contributed by atoms with E-state index >= 15 is 0 Å². The lowest BCUT2D eigenvalue weighted by molar-refractivity contribution is -0.384. The highest BCUT2D eigenvalue weighted by Crippen LogP contribution is 2.27. The van der Waals surface area contributed by atoms with Gasteiger partial charge in [0.1, 0.15) is 5.82 Å². The Morgan fingerprint density at radius 2 is 1.79 bits per heavy atom. The van der Waals surface area contributed by atoms with Crippen LogP contribution in [0.2, 0.25) is 0 Å². The fourth-order valence-electron chi connectivity index (χ4n) is 2.88. The molecule has 6 nitrogen and oxygen atoms in total. The van der Waals surface area contributed by atoms with Crippen LogP contribution in [0.5, 0.6) is 0 Å². The van der Waals surface area contributed by atoms with Crippen molar-refractivity contribution in [2.24, 2.45) is 0 Å². The molecule has 0 spiro atoms. The van der Waals surface area contributed by atoms with Crippen molar-refractivity contribution in [1.29, 1.82) is 0 Å². The summed E-state index contributed by atoms with van der Waals surface area (Å²) in [7, 11) is 0. The van der Waals surface area contributed by atoms with E-state index in [0.29, 0.717) is 18.9 Å². The fourth-order valence-corrected chi connectivity index (χ4v) is 2.88. The molecule has 2 heterocycles. The van der Waals surface area contributed by atoms with Crippen molar-refractivity contribution in [2.45, 2.75) is 13.5 Å². The van der Waals surface area contributed by atoms with Gasteiger partial charge >= 0.3 is 5.69 Å². The monoisotopic (exact) mass is 330 g/mol. The van der Waals surface area contributed by atoms with Crippen molar-refractivity contribution in [1.82, 2.24) is 9.88 Å². The molecule has 0 N–H and O–H groups in total. The van der Waals surface area contributed by atoms with Gasteiger partial charge in [0.2, 0.25) is 5.82 Å². The Kier molecular flexibility index (Phi) is 4.71. The van der Waals surface area contributed by atoms with Gasteiger partial charge in [0.05, 0.1) is 4.92 Å². The molecular weight excluding hydrogens is 311 g/mol. The molecule has 0 radical (unpaired) electrons. The molecule has 0 amide bonds. The smallest absolute Gasteiger partial charge is 0.311 e. The van der Waals surface area contributed by atoms with Crippen LogP contribution in [0.25, 0.3) is 0 Å². The van der Waals surface area contributed by atoms with E-state index in [2.05, 4.69) is 9.88 Å². The van der Waals surface area contributed by atoms with Crippen molar-refractivity contribution < 1.29 is 9.31 Å². The van der Waals surface area contributed by atoms with Crippen LogP contribution < -0.4 is 4.90 Å². The highest BCUT2D eigenvalue weighted by atomic mass is 19.1. The summed E-state index contributed by atoms with van der Waals surface area (Å²) in [5.74, 6) is 0.211. The number of rotatable bonds is 4. The topological polar surface area (TPSA) is 62.5 Å². The molecular formula is C17H19FN4O2. The Morgan fingerprint density at radius 1 is 1.12 bits per heavy atom. The van der Waals surface area contributed by atoms with Crippen LogP contribution in [0.3, 0.4) is 0 Å². The molecule has 126 valence electrons. The largest absolute Gasteiger partial charge is 0.348 e. The van der Waals surface area contributed by atoms with E-state index in [-0.39, 0.29) is 16.4 Å². The van der Waals surface area contributed by atoms with E-state index in [9.17, 15) is 14.5 Å². The number of aromatic nitrogens is 1. The van der Waals surface area contributed by atoms with Crippen molar-refractivity contribution in [3.8, 4) is 0 Å². The highest BCUT2D eigenvalue weighted by Gasteiger charge is 2.25. The number of halogens is 1. The Hall–Kier alpha value is -2.54. The molecule has 2 aromatic rings. The van der Waals surface area contributed by atoms with Crippen LogP contribution in [0.15, 0.2) is 36.4 Å². The summed E-state index contributed by atoms with van der Waals surface area (Å²) in [6, 6.07) is 9.68. The van der Waals surface area contributed by atoms with Gasteiger partial charge in [-0.2, -0.15) is 0 Å². The molecule has 7 heteroatoms. The third-order valence-electron chi connectivity index (χ3n) is 4.18. The molecule has 0 atom stereocenters. The Bertz CT molecular complexity index is 728. The second kappa shape index (κ2) is 6.92. The standard InChI is InChI=1S/C17H19FN4O2/c1-13-2-7-16(22(23)24)17(19-13)21-10-8-20(9-11-21)12-14-3-5-15(18)6-4-14/h2-7H,8-12H2,1H3. The van der Waals surface area contributed by atoms with Crippen LogP contribution in [0, 0.1) is 22.9 Å². The molecule has 0 aliphatic carbocycles. The number of nitrogens with zero attached hydrogens (tertiary/aromatic N) is 4.